The van der Waals surface area contributed by atoms with Crippen LogP contribution in [0.4, 0.5) is 0 Å². The zero-order valence-corrected chi connectivity index (χ0v) is 14.0. The van der Waals surface area contributed by atoms with E-state index in [4.69, 9.17) is 16.7 Å². The van der Waals surface area contributed by atoms with E-state index in [9.17, 15) is 0 Å². The summed E-state index contributed by atoms with van der Waals surface area (Å²) < 4.78 is 2.23. The third kappa shape index (κ3) is 2.74. The lowest BCUT2D eigenvalue weighted by Crippen LogP contribution is -2.17. The van der Waals surface area contributed by atoms with Crippen molar-refractivity contribution in [3.05, 3.63) is 47.7 Å². The van der Waals surface area contributed by atoms with Gasteiger partial charge in [0.25, 0.3) is 0 Å². The molecule has 0 spiro atoms. The molecule has 23 heavy (non-hydrogen) atoms. The Morgan fingerprint density at radius 1 is 1.04 bits per heavy atom. The molecule has 0 saturated heterocycles. The molecule has 1 aliphatic carbocycles. The highest BCUT2D eigenvalue weighted by molar-refractivity contribution is 6.30. The summed E-state index contributed by atoms with van der Waals surface area (Å²) in [4.78, 5) is 4.31. The van der Waals surface area contributed by atoms with Gasteiger partial charge in [0, 0.05) is 28.4 Å². The van der Waals surface area contributed by atoms with Crippen LogP contribution in [0.15, 0.2) is 42.7 Å². The average Bonchev–Trinajstić information content (AvgIpc) is 2.96. The summed E-state index contributed by atoms with van der Waals surface area (Å²) in [7, 11) is 0. The first-order valence-electron chi connectivity index (χ1n) is 8.30. The summed E-state index contributed by atoms with van der Waals surface area (Å²) in [6, 6.07) is 10.5. The lowest BCUT2D eigenvalue weighted by atomic mass is 9.87. The largest absolute Gasteiger partial charge is 0.264 e. The van der Waals surface area contributed by atoms with E-state index in [1.807, 2.05) is 36.7 Å². The lowest BCUT2D eigenvalue weighted by molar-refractivity contribution is 0.279. The second-order valence-electron chi connectivity index (χ2n) is 6.61. The molecule has 0 aliphatic heterocycles. The van der Waals surface area contributed by atoms with E-state index >= 15 is 0 Å². The Bertz CT molecular complexity index is 814. The lowest BCUT2D eigenvalue weighted by Gasteiger charge is -2.26. The Morgan fingerprint density at radius 3 is 2.52 bits per heavy atom. The molecule has 0 N–H and O–H groups in total. The van der Waals surface area contributed by atoms with Gasteiger partial charge in [-0.3, -0.25) is 9.67 Å². The van der Waals surface area contributed by atoms with E-state index < -0.39 is 0 Å². The topological polar surface area (TPSA) is 30.7 Å². The van der Waals surface area contributed by atoms with Crippen molar-refractivity contribution in [1.29, 1.82) is 0 Å². The molecule has 0 atom stereocenters. The molecule has 0 amide bonds. The Kier molecular flexibility index (Phi) is 3.82. The Balaban J connectivity index is 1.81. The maximum Gasteiger partial charge on any atom is 0.102 e. The zero-order valence-electron chi connectivity index (χ0n) is 13.2. The SMILES string of the molecule is CC1CCC(n2nc(-c3ccc(Cl)cc3)c3cnccc32)CC1. The van der Waals surface area contributed by atoms with Crippen LogP contribution < -0.4 is 0 Å². The van der Waals surface area contributed by atoms with Gasteiger partial charge < -0.3 is 0 Å². The molecule has 1 fully saturated rings. The zero-order chi connectivity index (χ0) is 15.8. The van der Waals surface area contributed by atoms with E-state index in [0.29, 0.717) is 6.04 Å². The number of nitrogens with zero attached hydrogens (tertiary/aromatic N) is 3. The van der Waals surface area contributed by atoms with Crippen molar-refractivity contribution in [1.82, 2.24) is 14.8 Å². The molecule has 4 heteroatoms. The van der Waals surface area contributed by atoms with Gasteiger partial charge >= 0.3 is 0 Å². The fourth-order valence-electron chi connectivity index (χ4n) is 3.57. The first-order chi connectivity index (χ1) is 11.2. The molecule has 1 aromatic carbocycles. The Hall–Kier alpha value is -1.87. The summed E-state index contributed by atoms with van der Waals surface area (Å²) in [5, 5.41) is 6.84. The Morgan fingerprint density at radius 2 is 1.78 bits per heavy atom. The van der Waals surface area contributed by atoms with Crippen LogP contribution >= 0.6 is 11.6 Å². The van der Waals surface area contributed by atoms with Gasteiger partial charge in [-0.05, 0) is 49.8 Å². The monoisotopic (exact) mass is 325 g/mol. The normalized spacial score (nSPS) is 21.7. The van der Waals surface area contributed by atoms with Gasteiger partial charge in [0.15, 0.2) is 0 Å². The molecule has 2 aromatic heterocycles. The van der Waals surface area contributed by atoms with E-state index in [1.54, 1.807) is 0 Å². The predicted molar refractivity (Wildman–Crippen MR) is 94.6 cm³/mol. The number of hydrogen-bond acceptors (Lipinski definition) is 2. The van der Waals surface area contributed by atoms with Gasteiger partial charge in [0.1, 0.15) is 5.69 Å². The predicted octanol–water partition coefficient (Wildman–Crippen LogP) is 5.50. The van der Waals surface area contributed by atoms with Gasteiger partial charge in [-0.25, -0.2) is 0 Å². The van der Waals surface area contributed by atoms with Crippen LogP contribution in [0.3, 0.4) is 0 Å². The number of aromatic nitrogens is 3. The van der Waals surface area contributed by atoms with Crippen molar-refractivity contribution >= 4 is 22.5 Å². The third-order valence-corrected chi connectivity index (χ3v) is 5.21. The minimum atomic E-state index is 0.497. The van der Waals surface area contributed by atoms with Crippen LogP contribution in [0.5, 0.6) is 0 Å². The fourth-order valence-corrected chi connectivity index (χ4v) is 3.70. The van der Waals surface area contributed by atoms with Crippen LogP contribution in [0.2, 0.25) is 5.02 Å². The summed E-state index contributed by atoms with van der Waals surface area (Å²) in [5.74, 6) is 0.838. The highest BCUT2D eigenvalue weighted by Gasteiger charge is 2.23. The number of halogens is 1. The second kappa shape index (κ2) is 5.97. The molecule has 0 bridgehead atoms. The van der Waals surface area contributed by atoms with Crippen LogP contribution in [0.1, 0.15) is 38.6 Å². The maximum absolute atomic E-state index is 6.02. The van der Waals surface area contributed by atoms with Crippen molar-refractivity contribution < 1.29 is 0 Å². The molecule has 1 saturated carbocycles. The standard InChI is InChI=1S/C19H20ClN3/c1-13-2-8-16(9-3-13)23-18-10-11-21-12-17(18)19(22-23)14-4-6-15(20)7-5-14/h4-7,10-13,16H,2-3,8-9H2,1H3. The molecule has 3 aromatic rings. The van der Waals surface area contributed by atoms with E-state index in [2.05, 4.69) is 22.7 Å². The van der Waals surface area contributed by atoms with Crippen molar-refractivity contribution in [2.24, 2.45) is 5.92 Å². The molecule has 0 radical (unpaired) electrons. The summed E-state index contributed by atoms with van der Waals surface area (Å²) in [6.45, 7) is 2.35. The number of rotatable bonds is 2. The summed E-state index contributed by atoms with van der Waals surface area (Å²) in [6.07, 6.45) is 8.77. The van der Waals surface area contributed by atoms with Crippen LogP contribution in [-0.4, -0.2) is 14.8 Å². The van der Waals surface area contributed by atoms with Crippen molar-refractivity contribution in [2.75, 3.05) is 0 Å². The van der Waals surface area contributed by atoms with Gasteiger partial charge in [-0.2, -0.15) is 5.10 Å². The maximum atomic E-state index is 6.02. The molecule has 4 rings (SSSR count). The van der Waals surface area contributed by atoms with E-state index in [1.165, 1.54) is 31.2 Å². The molecule has 118 valence electrons. The van der Waals surface area contributed by atoms with Crippen LogP contribution in [-0.2, 0) is 0 Å². The van der Waals surface area contributed by atoms with Crippen molar-refractivity contribution in [3.8, 4) is 11.3 Å². The highest BCUT2D eigenvalue weighted by atomic mass is 35.5. The van der Waals surface area contributed by atoms with Gasteiger partial charge in [0.05, 0.1) is 11.6 Å². The van der Waals surface area contributed by atoms with Crippen LogP contribution in [0.25, 0.3) is 22.2 Å². The molecular weight excluding hydrogens is 306 g/mol. The van der Waals surface area contributed by atoms with Gasteiger partial charge in [-0.15, -0.1) is 0 Å². The minimum absolute atomic E-state index is 0.497. The van der Waals surface area contributed by atoms with Gasteiger partial charge in [-0.1, -0.05) is 30.7 Å². The van der Waals surface area contributed by atoms with Crippen molar-refractivity contribution in [2.45, 2.75) is 38.6 Å². The highest BCUT2D eigenvalue weighted by Crippen LogP contribution is 2.36. The van der Waals surface area contributed by atoms with Crippen LogP contribution in [0, 0.1) is 5.92 Å². The third-order valence-electron chi connectivity index (χ3n) is 4.96. The van der Waals surface area contributed by atoms with Crippen molar-refractivity contribution in [3.63, 3.8) is 0 Å². The number of hydrogen-bond donors (Lipinski definition) is 0. The molecule has 0 unspecified atom stereocenters. The molecular formula is C19H20ClN3. The quantitative estimate of drug-likeness (QED) is 0.622. The fraction of sp³-hybridized carbons (Fsp3) is 0.368. The second-order valence-corrected chi connectivity index (χ2v) is 7.04. The van der Waals surface area contributed by atoms with E-state index in [-0.39, 0.29) is 0 Å². The number of fused-ring (bicyclic) bond motifs is 1. The first kappa shape index (κ1) is 14.7. The minimum Gasteiger partial charge on any atom is -0.264 e. The summed E-state index contributed by atoms with van der Waals surface area (Å²) in [5.41, 5.74) is 3.28. The summed E-state index contributed by atoms with van der Waals surface area (Å²) >= 11 is 6.02. The molecule has 1 aliphatic rings. The Labute approximate surface area is 141 Å². The van der Waals surface area contributed by atoms with Gasteiger partial charge in [0.2, 0.25) is 0 Å². The van der Waals surface area contributed by atoms with E-state index in [0.717, 1.165) is 27.6 Å². The smallest absolute Gasteiger partial charge is 0.102 e. The first-order valence-corrected chi connectivity index (χ1v) is 8.68. The number of benzene rings is 1. The number of pyridine rings is 1. The molecule has 2 heterocycles. The molecule has 3 nitrogen and oxygen atoms in total. The average molecular weight is 326 g/mol.